The summed E-state index contributed by atoms with van der Waals surface area (Å²) in [4.78, 5) is 26.1. The quantitative estimate of drug-likeness (QED) is 0.815. The van der Waals surface area contributed by atoms with Crippen molar-refractivity contribution < 1.29 is 14.3 Å². The molecule has 0 spiro atoms. The summed E-state index contributed by atoms with van der Waals surface area (Å²) in [6, 6.07) is -0.241. The van der Waals surface area contributed by atoms with Crippen LogP contribution in [-0.2, 0) is 14.3 Å². The third kappa shape index (κ3) is 3.08. The fraction of sp³-hybridized carbons (Fsp3) is 0.857. The molecule has 19 heavy (non-hydrogen) atoms. The molecule has 0 bridgehead atoms. The van der Waals surface area contributed by atoms with E-state index in [0.29, 0.717) is 6.42 Å². The van der Waals surface area contributed by atoms with E-state index in [1.165, 1.54) is 0 Å². The van der Waals surface area contributed by atoms with E-state index in [1.54, 1.807) is 14.0 Å². The Labute approximate surface area is 114 Å². The van der Waals surface area contributed by atoms with Crippen molar-refractivity contribution in [3.05, 3.63) is 0 Å². The average molecular weight is 268 g/mol. The van der Waals surface area contributed by atoms with Crippen molar-refractivity contribution in [1.29, 1.82) is 0 Å². The maximum Gasteiger partial charge on any atom is 0.245 e. The number of carbonyl (C=O) groups is 2. The summed E-state index contributed by atoms with van der Waals surface area (Å²) in [6.07, 6.45) is 4.67. The fourth-order valence-electron chi connectivity index (χ4n) is 3.30. The Morgan fingerprint density at radius 2 is 2.00 bits per heavy atom. The van der Waals surface area contributed by atoms with Crippen molar-refractivity contribution in [2.75, 3.05) is 7.11 Å². The van der Waals surface area contributed by atoms with Crippen LogP contribution in [0, 0.1) is 0 Å². The second-order valence-corrected chi connectivity index (χ2v) is 5.77. The van der Waals surface area contributed by atoms with E-state index in [0.717, 1.165) is 25.7 Å². The highest BCUT2D eigenvalue weighted by Crippen LogP contribution is 2.28. The normalized spacial score (nSPS) is 36.9. The molecule has 0 aromatic heterocycles. The van der Waals surface area contributed by atoms with E-state index in [1.807, 2.05) is 11.8 Å². The second kappa shape index (κ2) is 5.90. The highest BCUT2D eigenvalue weighted by Gasteiger charge is 2.37. The van der Waals surface area contributed by atoms with Gasteiger partial charge in [0.15, 0.2) is 0 Å². The molecular formula is C14H24N2O3. The second-order valence-electron chi connectivity index (χ2n) is 5.77. The van der Waals surface area contributed by atoms with Crippen molar-refractivity contribution in [3.63, 3.8) is 0 Å². The number of nitrogens with one attached hydrogen (secondary N) is 1. The summed E-state index contributed by atoms with van der Waals surface area (Å²) >= 11 is 0. The zero-order valence-corrected chi connectivity index (χ0v) is 12.0. The Balaban J connectivity index is 2.15. The van der Waals surface area contributed by atoms with Crippen LogP contribution in [0.2, 0.25) is 0 Å². The number of hydrogen-bond donors (Lipinski definition) is 1. The van der Waals surface area contributed by atoms with Crippen molar-refractivity contribution in [2.45, 2.75) is 70.2 Å². The van der Waals surface area contributed by atoms with E-state index in [4.69, 9.17) is 4.74 Å². The van der Waals surface area contributed by atoms with Gasteiger partial charge in [0.05, 0.1) is 6.10 Å². The molecule has 2 aliphatic rings. The van der Waals surface area contributed by atoms with Crippen LogP contribution >= 0.6 is 0 Å². The molecule has 1 saturated carbocycles. The van der Waals surface area contributed by atoms with Crippen LogP contribution < -0.4 is 5.32 Å². The molecule has 4 unspecified atom stereocenters. The summed E-state index contributed by atoms with van der Waals surface area (Å²) < 4.78 is 5.44. The van der Waals surface area contributed by atoms with Gasteiger partial charge in [0, 0.05) is 25.6 Å². The first-order chi connectivity index (χ1) is 9.02. The van der Waals surface area contributed by atoms with Gasteiger partial charge in [-0.25, -0.2) is 0 Å². The monoisotopic (exact) mass is 268 g/mol. The van der Waals surface area contributed by atoms with E-state index in [9.17, 15) is 9.59 Å². The van der Waals surface area contributed by atoms with Gasteiger partial charge in [-0.15, -0.1) is 0 Å². The van der Waals surface area contributed by atoms with Gasteiger partial charge >= 0.3 is 0 Å². The third-order valence-corrected chi connectivity index (χ3v) is 4.28. The topological polar surface area (TPSA) is 58.6 Å². The van der Waals surface area contributed by atoms with Gasteiger partial charge in [-0.3, -0.25) is 9.59 Å². The minimum Gasteiger partial charge on any atom is -0.381 e. The molecule has 108 valence electrons. The molecule has 2 amide bonds. The SMILES string of the molecule is COC1CCCC(N2C(=O)C(C)NC(=O)CC2C)C1. The predicted molar refractivity (Wildman–Crippen MR) is 71.6 cm³/mol. The standard InChI is InChI=1S/C14H24N2O3/c1-9-7-13(17)15-10(2)14(18)16(9)11-5-4-6-12(8-11)19-3/h9-12H,4-8H2,1-3H3,(H,15,17). The first-order valence-electron chi connectivity index (χ1n) is 7.17. The first-order valence-corrected chi connectivity index (χ1v) is 7.17. The van der Waals surface area contributed by atoms with Gasteiger partial charge in [0.2, 0.25) is 11.8 Å². The molecule has 5 nitrogen and oxygen atoms in total. The number of hydrogen-bond acceptors (Lipinski definition) is 3. The molecule has 1 aliphatic carbocycles. The van der Waals surface area contributed by atoms with Crippen LogP contribution in [0.4, 0.5) is 0 Å². The molecule has 1 aliphatic heterocycles. The molecule has 0 aromatic rings. The van der Waals surface area contributed by atoms with Crippen LogP contribution in [0.25, 0.3) is 0 Å². The molecule has 0 aromatic carbocycles. The van der Waals surface area contributed by atoms with Gasteiger partial charge in [-0.1, -0.05) is 0 Å². The molecule has 5 heteroatoms. The Bertz CT molecular complexity index is 359. The van der Waals surface area contributed by atoms with Gasteiger partial charge < -0.3 is 15.0 Å². The fourth-order valence-corrected chi connectivity index (χ4v) is 3.30. The van der Waals surface area contributed by atoms with E-state index < -0.39 is 6.04 Å². The molecular weight excluding hydrogens is 244 g/mol. The molecule has 1 saturated heterocycles. The van der Waals surface area contributed by atoms with Gasteiger partial charge in [0.1, 0.15) is 6.04 Å². The minimum absolute atomic E-state index is 0.0296. The van der Waals surface area contributed by atoms with Crippen LogP contribution in [0.3, 0.4) is 0 Å². The average Bonchev–Trinajstić information content (AvgIpc) is 2.47. The zero-order chi connectivity index (χ0) is 14.0. The van der Waals surface area contributed by atoms with E-state index >= 15 is 0 Å². The number of nitrogens with zero attached hydrogens (tertiary/aromatic N) is 1. The Kier molecular flexibility index (Phi) is 4.45. The molecule has 2 rings (SSSR count). The zero-order valence-electron chi connectivity index (χ0n) is 12.0. The molecule has 4 atom stereocenters. The Morgan fingerprint density at radius 3 is 2.68 bits per heavy atom. The minimum atomic E-state index is -0.416. The van der Waals surface area contributed by atoms with Crippen LogP contribution in [0.15, 0.2) is 0 Å². The van der Waals surface area contributed by atoms with Gasteiger partial charge in [-0.2, -0.15) is 0 Å². The maximum atomic E-state index is 12.5. The van der Waals surface area contributed by atoms with E-state index in [2.05, 4.69) is 5.32 Å². The van der Waals surface area contributed by atoms with Crippen LogP contribution in [-0.4, -0.2) is 48.1 Å². The molecule has 1 heterocycles. The number of rotatable bonds is 2. The van der Waals surface area contributed by atoms with Gasteiger partial charge in [0.25, 0.3) is 0 Å². The summed E-state index contributed by atoms with van der Waals surface area (Å²) in [7, 11) is 1.73. The van der Waals surface area contributed by atoms with Crippen LogP contribution in [0.5, 0.6) is 0 Å². The summed E-state index contributed by atoms with van der Waals surface area (Å²) in [5.41, 5.74) is 0. The number of ether oxygens (including phenoxy) is 1. The number of methoxy groups -OCH3 is 1. The highest BCUT2D eigenvalue weighted by atomic mass is 16.5. The van der Waals surface area contributed by atoms with Gasteiger partial charge in [-0.05, 0) is 39.5 Å². The predicted octanol–water partition coefficient (Wildman–Crippen LogP) is 1.07. The highest BCUT2D eigenvalue weighted by molar-refractivity contribution is 5.90. The summed E-state index contributed by atoms with van der Waals surface area (Å²) in [5.74, 6) is 0.00931. The largest absolute Gasteiger partial charge is 0.381 e. The smallest absolute Gasteiger partial charge is 0.245 e. The molecule has 0 radical (unpaired) electrons. The molecule has 2 fully saturated rings. The lowest BCUT2D eigenvalue weighted by atomic mass is 9.90. The Morgan fingerprint density at radius 1 is 1.26 bits per heavy atom. The maximum absolute atomic E-state index is 12.5. The number of amides is 2. The molecule has 1 N–H and O–H groups in total. The lowest BCUT2D eigenvalue weighted by Gasteiger charge is -2.40. The van der Waals surface area contributed by atoms with Crippen molar-refractivity contribution in [2.24, 2.45) is 0 Å². The number of carbonyl (C=O) groups excluding carboxylic acids is 2. The Hall–Kier alpha value is -1.10. The lowest BCUT2D eigenvalue weighted by molar-refractivity contribution is -0.138. The lowest BCUT2D eigenvalue weighted by Crippen LogP contribution is -2.51. The van der Waals surface area contributed by atoms with Crippen molar-refractivity contribution >= 4 is 11.8 Å². The van der Waals surface area contributed by atoms with Crippen molar-refractivity contribution in [1.82, 2.24) is 10.2 Å². The van der Waals surface area contributed by atoms with Crippen molar-refractivity contribution in [3.8, 4) is 0 Å². The third-order valence-electron chi connectivity index (χ3n) is 4.28. The first kappa shape index (κ1) is 14.3. The summed E-state index contributed by atoms with van der Waals surface area (Å²) in [6.45, 7) is 3.73. The van der Waals surface area contributed by atoms with Crippen LogP contribution in [0.1, 0.15) is 46.0 Å². The van der Waals surface area contributed by atoms with E-state index in [-0.39, 0.29) is 30.0 Å². The summed E-state index contributed by atoms with van der Waals surface area (Å²) in [5, 5.41) is 2.75.